The van der Waals surface area contributed by atoms with Crippen molar-refractivity contribution < 1.29 is 14.7 Å². The van der Waals surface area contributed by atoms with Crippen LogP contribution in [0.25, 0.3) is 0 Å². The van der Waals surface area contributed by atoms with Gasteiger partial charge in [0.15, 0.2) is 0 Å². The lowest BCUT2D eigenvalue weighted by Gasteiger charge is -2.20. The highest BCUT2D eigenvalue weighted by Crippen LogP contribution is 2.32. The number of anilines is 1. The first-order chi connectivity index (χ1) is 9.47. The quantitative estimate of drug-likeness (QED) is 0.860. The predicted molar refractivity (Wildman–Crippen MR) is 79.8 cm³/mol. The molecule has 1 aromatic rings. The van der Waals surface area contributed by atoms with E-state index in [1.165, 1.54) is 0 Å². The van der Waals surface area contributed by atoms with Crippen LogP contribution in [0.3, 0.4) is 0 Å². The van der Waals surface area contributed by atoms with Crippen molar-refractivity contribution in [1.82, 2.24) is 0 Å². The lowest BCUT2D eigenvalue weighted by atomic mass is 10.0. The van der Waals surface area contributed by atoms with Crippen LogP contribution in [0.15, 0.2) is 22.7 Å². The van der Waals surface area contributed by atoms with Gasteiger partial charge in [0.2, 0.25) is 5.91 Å². The first kappa shape index (κ1) is 14.8. The maximum Gasteiger partial charge on any atom is 0.303 e. The molecule has 108 valence electrons. The molecule has 5 nitrogen and oxygen atoms in total. The van der Waals surface area contributed by atoms with Crippen LogP contribution >= 0.6 is 15.9 Å². The number of amides is 1. The number of benzene rings is 1. The zero-order valence-corrected chi connectivity index (χ0v) is 12.6. The van der Waals surface area contributed by atoms with Crippen LogP contribution in [0.5, 0.6) is 0 Å². The van der Waals surface area contributed by atoms with Gasteiger partial charge in [0.05, 0.1) is 5.69 Å². The fourth-order valence-electron chi connectivity index (χ4n) is 2.53. The third kappa shape index (κ3) is 3.50. The molecule has 1 aromatic carbocycles. The van der Waals surface area contributed by atoms with Crippen molar-refractivity contribution in [2.75, 3.05) is 18.0 Å². The molecule has 1 aliphatic heterocycles. The Hall–Kier alpha value is -1.56. The number of carbonyl (C=O) groups is 2. The van der Waals surface area contributed by atoms with Crippen LogP contribution < -0.4 is 10.6 Å². The van der Waals surface area contributed by atoms with Crippen LogP contribution in [0.2, 0.25) is 0 Å². The SMILES string of the molecule is NC(=O)c1ccc(N2CCC(CCC(=O)O)C2)c(Br)c1. The van der Waals surface area contributed by atoms with Gasteiger partial charge in [-0.15, -0.1) is 0 Å². The molecule has 1 amide bonds. The van der Waals surface area contributed by atoms with E-state index in [1.54, 1.807) is 12.1 Å². The number of rotatable bonds is 5. The molecule has 0 bridgehead atoms. The third-order valence-electron chi connectivity index (χ3n) is 3.63. The topological polar surface area (TPSA) is 83.6 Å². The maximum absolute atomic E-state index is 11.1. The van der Waals surface area contributed by atoms with Gasteiger partial charge < -0.3 is 15.7 Å². The summed E-state index contributed by atoms with van der Waals surface area (Å²) in [6.45, 7) is 1.75. The molecule has 6 heteroatoms. The minimum atomic E-state index is -0.740. The number of aliphatic carboxylic acids is 1. The molecule has 1 fully saturated rings. The van der Waals surface area contributed by atoms with Gasteiger partial charge in [-0.3, -0.25) is 9.59 Å². The fraction of sp³-hybridized carbons (Fsp3) is 0.429. The van der Waals surface area contributed by atoms with Gasteiger partial charge in [0, 0.05) is 29.5 Å². The first-order valence-corrected chi connectivity index (χ1v) is 7.32. The molecule has 0 saturated carbocycles. The average molecular weight is 341 g/mol. The Morgan fingerprint density at radius 3 is 2.80 bits per heavy atom. The summed E-state index contributed by atoms with van der Waals surface area (Å²) >= 11 is 3.46. The maximum atomic E-state index is 11.1. The zero-order chi connectivity index (χ0) is 14.7. The van der Waals surface area contributed by atoms with E-state index in [0.29, 0.717) is 17.9 Å². The number of hydrogen-bond acceptors (Lipinski definition) is 3. The van der Waals surface area contributed by atoms with Gasteiger partial charge in [-0.05, 0) is 52.9 Å². The highest BCUT2D eigenvalue weighted by atomic mass is 79.9. The number of hydrogen-bond donors (Lipinski definition) is 2. The standard InChI is InChI=1S/C14H17BrN2O3/c15-11-7-10(14(16)20)2-3-12(11)17-6-5-9(8-17)1-4-13(18)19/h2-3,7,9H,1,4-6,8H2,(H2,16,20)(H,18,19). The normalized spacial score (nSPS) is 18.2. The van der Waals surface area contributed by atoms with Crippen LogP contribution in [0, 0.1) is 5.92 Å². The molecule has 1 saturated heterocycles. The molecule has 0 radical (unpaired) electrons. The van der Waals surface area contributed by atoms with Crippen molar-refractivity contribution in [3.63, 3.8) is 0 Å². The molecule has 3 N–H and O–H groups in total. The van der Waals surface area contributed by atoms with Gasteiger partial charge in [0.25, 0.3) is 0 Å². The minimum absolute atomic E-state index is 0.223. The van der Waals surface area contributed by atoms with Gasteiger partial charge in [0.1, 0.15) is 0 Å². The molecular weight excluding hydrogens is 324 g/mol. The summed E-state index contributed by atoms with van der Waals surface area (Å²) in [6.07, 6.45) is 1.93. The Morgan fingerprint density at radius 2 is 2.20 bits per heavy atom. The summed E-state index contributed by atoms with van der Waals surface area (Å²) in [7, 11) is 0. The summed E-state index contributed by atoms with van der Waals surface area (Å²) in [5, 5.41) is 8.72. The monoisotopic (exact) mass is 340 g/mol. The van der Waals surface area contributed by atoms with Crippen molar-refractivity contribution in [2.24, 2.45) is 11.7 Å². The number of carboxylic acid groups (broad SMARTS) is 1. The molecule has 1 atom stereocenters. The Balaban J connectivity index is 2.03. The summed E-state index contributed by atoms with van der Waals surface area (Å²) < 4.78 is 0.840. The molecule has 0 spiro atoms. The van der Waals surface area contributed by atoms with Crippen molar-refractivity contribution in [1.29, 1.82) is 0 Å². The van der Waals surface area contributed by atoms with Gasteiger partial charge in [-0.2, -0.15) is 0 Å². The smallest absolute Gasteiger partial charge is 0.303 e. The summed E-state index contributed by atoms with van der Waals surface area (Å²) in [5.41, 5.74) is 6.74. The highest BCUT2D eigenvalue weighted by molar-refractivity contribution is 9.10. The summed E-state index contributed by atoms with van der Waals surface area (Å²) in [4.78, 5) is 23.9. The lowest BCUT2D eigenvalue weighted by molar-refractivity contribution is -0.137. The minimum Gasteiger partial charge on any atom is -0.481 e. The molecule has 20 heavy (non-hydrogen) atoms. The number of carbonyl (C=O) groups excluding carboxylic acids is 1. The van der Waals surface area contributed by atoms with E-state index < -0.39 is 11.9 Å². The molecule has 2 rings (SSSR count). The van der Waals surface area contributed by atoms with E-state index in [1.807, 2.05) is 6.07 Å². The van der Waals surface area contributed by atoms with Crippen molar-refractivity contribution in [3.05, 3.63) is 28.2 Å². The van der Waals surface area contributed by atoms with E-state index in [4.69, 9.17) is 10.8 Å². The van der Waals surface area contributed by atoms with Gasteiger partial charge in [-0.25, -0.2) is 0 Å². The number of nitrogens with zero attached hydrogens (tertiary/aromatic N) is 1. The average Bonchev–Trinajstić information content (AvgIpc) is 2.84. The van der Waals surface area contributed by atoms with Gasteiger partial charge >= 0.3 is 5.97 Å². The number of primary amides is 1. The second kappa shape index (κ2) is 6.26. The van der Waals surface area contributed by atoms with E-state index >= 15 is 0 Å². The Labute approximate surface area is 125 Å². The highest BCUT2D eigenvalue weighted by Gasteiger charge is 2.24. The summed E-state index contributed by atoms with van der Waals surface area (Å²) in [5.74, 6) is -0.776. The van der Waals surface area contributed by atoms with E-state index in [-0.39, 0.29) is 6.42 Å². The van der Waals surface area contributed by atoms with Crippen molar-refractivity contribution in [2.45, 2.75) is 19.3 Å². The molecule has 1 heterocycles. The zero-order valence-electron chi connectivity index (χ0n) is 11.0. The molecular formula is C14H17BrN2O3. The Bertz CT molecular complexity index is 533. The number of halogens is 1. The largest absolute Gasteiger partial charge is 0.481 e. The van der Waals surface area contributed by atoms with Crippen LogP contribution in [-0.2, 0) is 4.79 Å². The number of carboxylic acids is 1. The van der Waals surface area contributed by atoms with Crippen molar-refractivity contribution >= 4 is 33.5 Å². The van der Waals surface area contributed by atoms with Crippen molar-refractivity contribution in [3.8, 4) is 0 Å². The first-order valence-electron chi connectivity index (χ1n) is 6.53. The molecule has 0 aromatic heterocycles. The second-order valence-corrected chi connectivity index (χ2v) is 5.92. The van der Waals surface area contributed by atoms with Crippen LogP contribution in [0.4, 0.5) is 5.69 Å². The molecule has 0 aliphatic carbocycles. The van der Waals surface area contributed by atoms with E-state index in [9.17, 15) is 9.59 Å². The fourth-order valence-corrected chi connectivity index (χ4v) is 3.16. The Morgan fingerprint density at radius 1 is 1.45 bits per heavy atom. The van der Waals surface area contributed by atoms with E-state index in [0.717, 1.165) is 29.7 Å². The van der Waals surface area contributed by atoms with E-state index in [2.05, 4.69) is 20.8 Å². The molecule has 1 aliphatic rings. The number of nitrogens with two attached hydrogens (primary N) is 1. The third-order valence-corrected chi connectivity index (χ3v) is 4.26. The lowest BCUT2D eigenvalue weighted by Crippen LogP contribution is -2.20. The molecule has 1 unspecified atom stereocenters. The van der Waals surface area contributed by atoms with Crippen LogP contribution in [-0.4, -0.2) is 30.1 Å². The Kier molecular flexibility index (Phi) is 4.65. The summed E-state index contributed by atoms with van der Waals surface area (Å²) in [6, 6.07) is 5.32. The predicted octanol–water partition coefficient (Wildman–Crippen LogP) is 2.24. The van der Waals surface area contributed by atoms with Crippen LogP contribution in [0.1, 0.15) is 29.6 Å². The second-order valence-electron chi connectivity index (χ2n) is 5.06. The van der Waals surface area contributed by atoms with Gasteiger partial charge in [-0.1, -0.05) is 0 Å².